The van der Waals surface area contributed by atoms with Crippen molar-refractivity contribution in [3.63, 3.8) is 0 Å². The molecule has 0 saturated carbocycles. The van der Waals surface area contributed by atoms with Gasteiger partial charge in [0.2, 0.25) is 5.82 Å². The van der Waals surface area contributed by atoms with Gasteiger partial charge in [0.15, 0.2) is 23.2 Å². The molecule has 6 heteroatoms. The normalized spacial score (nSPS) is 19.5. The summed E-state index contributed by atoms with van der Waals surface area (Å²) < 4.78 is 65.9. The SMILES string of the molecule is CCOc1ccc(/C(F)=C(\F)C2=CCC(C)OC2)c(F)c1F. The number of hydrogen-bond acceptors (Lipinski definition) is 2. The smallest absolute Gasteiger partial charge is 0.201 e. The molecule has 1 aliphatic heterocycles. The predicted octanol–water partition coefficient (Wildman–Crippen LogP) is 4.71. The van der Waals surface area contributed by atoms with Crippen LogP contribution in [0.15, 0.2) is 29.6 Å². The number of benzene rings is 1. The van der Waals surface area contributed by atoms with Crippen LogP contribution in [0.5, 0.6) is 5.75 Å². The Morgan fingerprint density at radius 1 is 1.23 bits per heavy atom. The van der Waals surface area contributed by atoms with Gasteiger partial charge in [-0.05, 0) is 32.4 Å². The molecular formula is C16H16F4O2. The van der Waals surface area contributed by atoms with E-state index in [0.29, 0.717) is 6.42 Å². The molecule has 1 unspecified atom stereocenters. The molecule has 1 aliphatic rings. The van der Waals surface area contributed by atoms with Crippen LogP contribution in [0, 0.1) is 11.6 Å². The van der Waals surface area contributed by atoms with Crippen LogP contribution in [-0.4, -0.2) is 19.3 Å². The Kier molecular flexibility index (Phi) is 5.24. The van der Waals surface area contributed by atoms with E-state index < -0.39 is 28.9 Å². The summed E-state index contributed by atoms with van der Waals surface area (Å²) in [6.45, 7) is 3.42. The van der Waals surface area contributed by atoms with E-state index in [-0.39, 0.29) is 30.6 Å². The summed E-state index contributed by atoms with van der Waals surface area (Å²) in [4.78, 5) is 0. The molecule has 0 N–H and O–H groups in total. The highest BCUT2D eigenvalue weighted by atomic mass is 19.2. The molecule has 1 aromatic rings. The highest BCUT2D eigenvalue weighted by molar-refractivity contribution is 5.66. The van der Waals surface area contributed by atoms with Gasteiger partial charge >= 0.3 is 0 Å². The summed E-state index contributed by atoms with van der Waals surface area (Å²) >= 11 is 0. The van der Waals surface area contributed by atoms with Crippen LogP contribution in [-0.2, 0) is 4.74 Å². The Labute approximate surface area is 126 Å². The summed E-state index contributed by atoms with van der Waals surface area (Å²) in [5.74, 6) is -5.86. The van der Waals surface area contributed by atoms with E-state index in [1.165, 1.54) is 6.08 Å². The van der Waals surface area contributed by atoms with Gasteiger partial charge in [-0.3, -0.25) is 0 Å². The number of halogens is 4. The molecule has 0 aliphatic carbocycles. The monoisotopic (exact) mass is 316 g/mol. The molecule has 0 bridgehead atoms. The largest absolute Gasteiger partial charge is 0.491 e. The first-order valence-corrected chi connectivity index (χ1v) is 6.93. The Balaban J connectivity index is 2.38. The molecule has 0 saturated heterocycles. The summed E-state index contributed by atoms with van der Waals surface area (Å²) in [7, 11) is 0. The van der Waals surface area contributed by atoms with Crippen molar-refractivity contribution in [2.24, 2.45) is 0 Å². The zero-order valence-corrected chi connectivity index (χ0v) is 12.3. The van der Waals surface area contributed by atoms with E-state index in [2.05, 4.69) is 0 Å². The third kappa shape index (κ3) is 3.32. The van der Waals surface area contributed by atoms with E-state index in [4.69, 9.17) is 9.47 Å². The first-order chi connectivity index (χ1) is 10.5. The summed E-state index contributed by atoms with van der Waals surface area (Å²) in [5.41, 5.74) is -0.790. The van der Waals surface area contributed by atoms with Crippen LogP contribution in [0.1, 0.15) is 25.8 Å². The van der Waals surface area contributed by atoms with Gasteiger partial charge in [0.1, 0.15) is 0 Å². The molecule has 0 radical (unpaired) electrons. The average molecular weight is 316 g/mol. The number of rotatable bonds is 4. The van der Waals surface area contributed by atoms with Crippen LogP contribution in [0.2, 0.25) is 0 Å². The van der Waals surface area contributed by atoms with Gasteiger partial charge in [-0.1, -0.05) is 6.08 Å². The maximum Gasteiger partial charge on any atom is 0.201 e. The first-order valence-electron chi connectivity index (χ1n) is 6.93. The van der Waals surface area contributed by atoms with E-state index in [1.54, 1.807) is 13.8 Å². The molecule has 0 amide bonds. The Morgan fingerprint density at radius 3 is 2.55 bits per heavy atom. The van der Waals surface area contributed by atoms with Crippen molar-refractivity contribution in [3.8, 4) is 5.75 Å². The van der Waals surface area contributed by atoms with Crippen LogP contribution in [0.25, 0.3) is 5.83 Å². The van der Waals surface area contributed by atoms with Crippen molar-refractivity contribution in [1.29, 1.82) is 0 Å². The number of ether oxygens (including phenoxy) is 2. The van der Waals surface area contributed by atoms with Crippen molar-refractivity contribution in [2.75, 3.05) is 13.2 Å². The molecule has 2 nitrogen and oxygen atoms in total. The second-order valence-electron chi connectivity index (χ2n) is 4.89. The number of hydrogen-bond donors (Lipinski definition) is 0. The standard InChI is InChI=1S/C16H16F4O2/c1-3-21-12-7-6-11(15(19)16(12)20)14(18)13(17)10-5-4-9(2)22-8-10/h5-7,9H,3-4,8H2,1-2H3/b14-13+. The Bertz CT molecular complexity index is 623. The average Bonchev–Trinajstić information content (AvgIpc) is 2.52. The predicted molar refractivity (Wildman–Crippen MR) is 74.8 cm³/mol. The highest BCUT2D eigenvalue weighted by Crippen LogP contribution is 2.33. The van der Waals surface area contributed by atoms with Gasteiger partial charge in [0, 0.05) is 5.57 Å². The van der Waals surface area contributed by atoms with E-state index in [9.17, 15) is 17.6 Å². The van der Waals surface area contributed by atoms with Crippen molar-refractivity contribution in [2.45, 2.75) is 26.4 Å². The van der Waals surface area contributed by atoms with E-state index in [0.717, 1.165) is 12.1 Å². The van der Waals surface area contributed by atoms with Gasteiger partial charge in [0.25, 0.3) is 0 Å². The third-order valence-electron chi connectivity index (χ3n) is 3.28. The third-order valence-corrected chi connectivity index (χ3v) is 3.28. The molecule has 1 aromatic carbocycles. The molecule has 0 aromatic heterocycles. The van der Waals surface area contributed by atoms with Gasteiger partial charge in [-0.15, -0.1) is 0 Å². The van der Waals surface area contributed by atoms with E-state index in [1.807, 2.05) is 0 Å². The lowest BCUT2D eigenvalue weighted by Gasteiger charge is -2.18. The quantitative estimate of drug-likeness (QED) is 0.749. The summed E-state index contributed by atoms with van der Waals surface area (Å²) in [6.07, 6.45) is 1.83. The Morgan fingerprint density at radius 2 is 1.95 bits per heavy atom. The maximum absolute atomic E-state index is 14.1. The van der Waals surface area contributed by atoms with Crippen molar-refractivity contribution in [3.05, 3.63) is 46.8 Å². The minimum atomic E-state index is -1.48. The lowest BCUT2D eigenvalue weighted by atomic mass is 10.1. The van der Waals surface area contributed by atoms with Gasteiger partial charge in [0.05, 0.1) is 24.9 Å². The van der Waals surface area contributed by atoms with Crippen LogP contribution in [0.4, 0.5) is 17.6 Å². The lowest BCUT2D eigenvalue weighted by Crippen LogP contribution is -2.15. The zero-order valence-electron chi connectivity index (χ0n) is 12.3. The van der Waals surface area contributed by atoms with Crippen LogP contribution in [0.3, 0.4) is 0 Å². The Hall–Kier alpha value is -1.82. The fraction of sp³-hybridized carbons (Fsp3) is 0.375. The lowest BCUT2D eigenvalue weighted by molar-refractivity contribution is 0.0754. The fourth-order valence-corrected chi connectivity index (χ4v) is 2.05. The second kappa shape index (κ2) is 6.96. The molecule has 1 atom stereocenters. The molecule has 1 heterocycles. The first kappa shape index (κ1) is 16.5. The highest BCUT2D eigenvalue weighted by Gasteiger charge is 2.23. The molecule has 0 fully saturated rings. The van der Waals surface area contributed by atoms with Gasteiger partial charge < -0.3 is 9.47 Å². The van der Waals surface area contributed by atoms with Crippen LogP contribution >= 0.6 is 0 Å². The minimum Gasteiger partial charge on any atom is -0.491 e. The molecule has 0 spiro atoms. The van der Waals surface area contributed by atoms with E-state index >= 15 is 0 Å². The van der Waals surface area contributed by atoms with Crippen molar-refractivity contribution < 1.29 is 27.0 Å². The molecule has 22 heavy (non-hydrogen) atoms. The summed E-state index contributed by atoms with van der Waals surface area (Å²) in [6, 6.07) is 2.02. The molecular weight excluding hydrogens is 300 g/mol. The molecule has 120 valence electrons. The topological polar surface area (TPSA) is 18.5 Å². The van der Waals surface area contributed by atoms with Gasteiger partial charge in [-0.25, -0.2) is 13.2 Å². The van der Waals surface area contributed by atoms with Crippen molar-refractivity contribution >= 4 is 5.83 Å². The summed E-state index contributed by atoms with van der Waals surface area (Å²) in [5, 5.41) is 0. The second-order valence-corrected chi connectivity index (χ2v) is 4.89. The minimum absolute atomic E-state index is 0.00991. The molecule has 2 rings (SSSR count). The van der Waals surface area contributed by atoms with Crippen molar-refractivity contribution in [1.82, 2.24) is 0 Å². The van der Waals surface area contributed by atoms with Crippen LogP contribution < -0.4 is 4.74 Å². The zero-order chi connectivity index (χ0) is 16.3. The van der Waals surface area contributed by atoms with Gasteiger partial charge in [-0.2, -0.15) is 4.39 Å². The fourth-order valence-electron chi connectivity index (χ4n) is 2.05. The maximum atomic E-state index is 14.1.